The first-order valence-corrected chi connectivity index (χ1v) is 19.1. The van der Waals surface area contributed by atoms with Crippen LogP contribution in [0.15, 0.2) is 0 Å². The van der Waals surface area contributed by atoms with E-state index in [-0.39, 0.29) is 0 Å². The Morgan fingerprint density at radius 2 is 0.462 bits per heavy atom. The summed E-state index contributed by atoms with van der Waals surface area (Å²) in [7, 11) is 0. The van der Waals surface area contributed by atoms with Crippen molar-refractivity contribution in [3.63, 3.8) is 0 Å². The number of quaternary nitrogens is 1. The first-order chi connectivity index (χ1) is 19.2. The van der Waals surface area contributed by atoms with Gasteiger partial charge in [0.05, 0.1) is 12.1 Å². The topological polar surface area (TPSA) is 16.6 Å². The summed E-state index contributed by atoms with van der Waals surface area (Å²) in [6.45, 7) is 9.55. The second kappa shape index (κ2) is 34.2. The predicted octanol–water partition coefficient (Wildman–Crippen LogP) is 12.8. The van der Waals surface area contributed by atoms with Crippen molar-refractivity contribution in [2.24, 2.45) is 0 Å². The summed E-state index contributed by atoms with van der Waals surface area (Å²) in [5.41, 5.74) is 0. The van der Waals surface area contributed by atoms with Crippen LogP contribution in [-0.2, 0) is 0 Å². The molecular weight excluding hydrogens is 470 g/mol. The molecule has 0 aromatic carbocycles. The fourth-order valence-corrected chi connectivity index (χ4v) is 6.43. The summed E-state index contributed by atoms with van der Waals surface area (Å²) in [6.07, 6.45) is 46.8. The smallest absolute Gasteiger partial charge is 0.0832 e. The van der Waals surface area contributed by atoms with Crippen LogP contribution in [0.2, 0.25) is 0 Å². The zero-order chi connectivity index (χ0) is 28.5. The SMILES string of the molecule is CCCCCCCCCCCCCCCCCC(C)[NH2+]C(C)CCCCCCCCCCCCCCCCC. The Morgan fingerprint density at radius 1 is 0.282 bits per heavy atom. The second-order valence-corrected chi connectivity index (χ2v) is 13.6. The third-order valence-corrected chi connectivity index (χ3v) is 9.18. The Labute approximate surface area is 250 Å². The van der Waals surface area contributed by atoms with E-state index in [2.05, 4.69) is 33.0 Å². The molecule has 0 aliphatic rings. The van der Waals surface area contributed by atoms with E-state index >= 15 is 0 Å². The molecule has 0 radical (unpaired) electrons. The van der Waals surface area contributed by atoms with Gasteiger partial charge in [-0.15, -0.1) is 0 Å². The van der Waals surface area contributed by atoms with Crippen LogP contribution in [0.1, 0.15) is 233 Å². The van der Waals surface area contributed by atoms with Gasteiger partial charge in [0.15, 0.2) is 0 Å². The van der Waals surface area contributed by atoms with Gasteiger partial charge >= 0.3 is 0 Å². The van der Waals surface area contributed by atoms with E-state index in [1.165, 1.54) is 205 Å². The minimum atomic E-state index is 0.818. The van der Waals surface area contributed by atoms with Crippen LogP contribution in [0.5, 0.6) is 0 Å². The molecule has 39 heavy (non-hydrogen) atoms. The Bertz CT molecular complexity index is 381. The van der Waals surface area contributed by atoms with Gasteiger partial charge in [-0.1, -0.05) is 194 Å². The van der Waals surface area contributed by atoms with Crippen molar-refractivity contribution < 1.29 is 5.32 Å². The molecule has 0 bridgehead atoms. The lowest BCUT2D eigenvalue weighted by Gasteiger charge is -2.16. The average Bonchev–Trinajstić information content (AvgIpc) is 2.93. The molecule has 0 aromatic heterocycles. The Balaban J connectivity index is 3.26. The van der Waals surface area contributed by atoms with E-state index < -0.39 is 0 Å². The molecular formula is C38H80N+. The fraction of sp³-hybridized carbons (Fsp3) is 1.00. The maximum Gasteiger partial charge on any atom is 0.0832 e. The summed E-state index contributed by atoms with van der Waals surface area (Å²) in [5, 5.41) is 2.67. The van der Waals surface area contributed by atoms with Crippen LogP contribution in [0.25, 0.3) is 0 Å². The first kappa shape index (κ1) is 39.0. The van der Waals surface area contributed by atoms with Crippen molar-refractivity contribution >= 4 is 0 Å². The van der Waals surface area contributed by atoms with Gasteiger partial charge < -0.3 is 5.32 Å². The number of rotatable bonds is 34. The number of hydrogen-bond acceptors (Lipinski definition) is 0. The first-order valence-electron chi connectivity index (χ1n) is 19.1. The second-order valence-electron chi connectivity index (χ2n) is 13.6. The van der Waals surface area contributed by atoms with Gasteiger partial charge in [-0.2, -0.15) is 0 Å². The third kappa shape index (κ3) is 34.1. The lowest BCUT2D eigenvalue weighted by molar-refractivity contribution is -0.716. The molecule has 1 heteroatoms. The lowest BCUT2D eigenvalue weighted by Crippen LogP contribution is -2.93. The fourth-order valence-electron chi connectivity index (χ4n) is 6.43. The molecule has 2 N–H and O–H groups in total. The summed E-state index contributed by atoms with van der Waals surface area (Å²) < 4.78 is 0. The van der Waals surface area contributed by atoms with Crippen molar-refractivity contribution in [3.05, 3.63) is 0 Å². The summed E-state index contributed by atoms with van der Waals surface area (Å²) >= 11 is 0. The molecule has 0 aliphatic heterocycles. The zero-order valence-electron chi connectivity index (χ0n) is 28.4. The normalized spacial score (nSPS) is 13.2. The molecule has 0 spiro atoms. The number of hydrogen-bond donors (Lipinski definition) is 1. The highest BCUT2D eigenvalue weighted by atomic mass is 14.9. The molecule has 0 fully saturated rings. The van der Waals surface area contributed by atoms with Crippen LogP contribution in [-0.4, -0.2) is 12.1 Å². The highest BCUT2D eigenvalue weighted by molar-refractivity contribution is 4.55. The molecule has 2 atom stereocenters. The van der Waals surface area contributed by atoms with Crippen molar-refractivity contribution in [2.75, 3.05) is 0 Å². The molecule has 0 heterocycles. The van der Waals surface area contributed by atoms with Gasteiger partial charge in [0.25, 0.3) is 0 Å². The summed E-state index contributed by atoms with van der Waals surface area (Å²) in [6, 6.07) is 1.64. The van der Waals surface area contributed by atoms with Crippen LogP contribution in [0, 0.1) is 0 Å². The highest BCUT2D eigenvalue weighted by Gasteiger charge is 2.10. The molecule has 0 amide bonds. The van der Waals surface area contributed by atoms with E-state index in [9.17, 15) is 0 Å². The Hall–Kier alpha value is -0.0400. The van der Waals surface area contributed by atoms with Gasteiger partial charge in [0.1, 0.15) is 0 Å². The van der Waals surface area contributed by atoms with Crippen molar-refractivity contribution in [1.82, 2.24) is 0 Å². The number of nitrogens with two attached hydrogens (primary N) is 1. The summed E-state index contributed by atoms with van der Waals surface area (Å²) in [5.74, 6) is 0. The third-order valence-electron chi connectivity index (χ3n) is 9.18. The van der Waals surface area contributed by atoms with E-state index in [1.807, 2.05) is 0 Å². The minimum Gasteiger partial charge on any atom is -0.342 e. The van der Waals surface area contributed by atoms with Gasteiger partial charge in [-0.3, -0.25) is 0 Å². The van der Waals surface area contributed by atoms with E-state index in [0.29, 0.717) is 0 Å². The minimum absolute atomic E-state index is 0.818. The monoisotopic (exact) mass is 551 g/mol. The predicted molar refractivity (Wildman–Crippen MR) is 180 cm³/mol. The van der Waals surface area contributed by atoms with E-state index in [4.69, 9.17) is 0 Å². The van der Waals surface area contributed by atoms with Crippen LogP contribution in [0.3, 0.4) is 0 Å². The van der Waals surface area contributed by atoms with E-state index in [1.54, 1.807) is 0 Å². The van der Waals surface area contributed by atoms with E-state index in [0.717, 1.165) is 12.1 Å². The number of unbranched alkanes of at least 4 members (excludes halogenated alkanes) is 28. The molecule has 0 rings (SSSR count). The summed E-state index contributed by atoms with van der Waals surface area (Å²) in [4.78, 5) is 0. The zero-order valence-corrected chi connectivity index (χ0v) is 28.4. The molecule has 0 saturated heterocycles. The average molecular weight is 551 g/mol. The molecule has 0 aliphatic carbocycles. The van der Waals surface area contributed by atoms with Gasteiger partial charge in [-0.25, -0.2) is 0 Å². The van der Waals surface area contributed by atoms with Crippen molar-refractivity contribution in [3.8, 4) is 0 Å². The Kier molecular flexibility index (Phi) is 34.1. The molecule has 0 saturated carbocycles. The largest absolute Gasteiger partial charge is 0.342 e. The molecule has 0 aromatic rings. The molecule has 2 unspecified atom stereocenters. The maximum absolute atomic E-state index is 2.67. The van der Waals surface area contributed by atoms with Gasteiger partial charge in [0, 0.05) is 0 Å². The van der Waals surface area contributed by atoms with Crippen LogP contribution in [0.4, 0.5) is 0 Å². The lowest BCUT2D eigenvalue weighted by atomic mass is 10.0. The Morgan fingerprint density at radius 3 is 0.667 bits per heavy atom. The standard InChI is InChI=1S/C38H79N/c1-5-7-9-11-13-15-17-19-21-23-25-27-29-31-33-35-37(3)39-38(4)36-34-32-30-28-26-24-22-20-18-16-14-12-10-8-6-2/h37-39H,5-36H2,1-4H3/p+1. The van der Waals surface area contributed by atoms with Crippen LogP contribution >= 0.6 is 0 Å². The quantitative estimate of drug-likeness (QED) is 0.0767. The van der Waals surface area contributed by atoms with Gasteiger partial charge in [-0.05, 0) is 39.5 Å². The molecule has 236 valence electrons. The van der Waals surface area contributed by atoms with Crippen LogP contribution < -0.4 is 5.32 Å². The maximum atomic E-state index is 2.67. The van der Waals surface area contributed by atoms with Crippen molar-refractivity contribution in [1.29, 1.82) is 0 Å². The molecule has 1 nitrogen and oxygen atoms in total. The van der Waals surface area contributed by atoms with Gasteiger partial charge in [0.2, 0.25) is 0 Å². The highest BCUT2D eigenvalue weighted by Crippen LogP contribution is 2.15. The van der Waals surface area contributed by atoms with Crippen molar-refractivity contribution in [2.45, 2.75) is 245 Å².